The van der Waals surface area contributed by atoms with E-state index in [9.17, 15) is 0 Å². The molecule has 0 amide bonds. The van der Waals surface area contributed by atoms with E-state index in [1.54, 1.807) is 0 Å². The summed E-state index contributed by atoms with van der Waals surface area (Å²) in [5.74, 6) is 0.689. The molecule has 2 atom stereocenters. The molecule has 0 bridgehead atoms. The van der Waals surface area contributed by atoms with Crippen molar-refractivity contribution >= 4 is 37.5 Å². The van der Waals surface area contributed by atoms with E-state index < -0.39 is 0 Å². The molecule has 0 radical (unpaired) electrons. The largest absolute Gasteiger partial charge is 0.370 e. The van der Waals surface area contributed by atoms with Crippen LogP contribution in [0.5, 0.6) is 0 Å². The van der Waals surface area contributed by atoms with Crippen LogP contribution in [-0.4, -0.2) is 25.7 Å². The molecule has 0 aliphatic carbocycles. The van der Waals surface area contributed by atoms with Crippen LogP contribution in [0, 0.1) is 5.92 Å². The predicted molar refractivity (Wildman–Crippen MR) is 85.3 cm³/mol. The zero-order valence-corrected chi connectivity index (χ0v) is 14.1. The first-order chi connectivity index (χ1) is 8.61. The van der Waals surface area contributed by atoms with Gasteiger partial charge in [0.1, 0.15) is 0 Å². The summed E-state index contributed by atoms with van der Waals surface area (Å²) in [7, 11) is 0. The molecule has 1 N–H and O–H groups in total. The Bertz CT molecular complexity index is 409. The topological polar surface area (TPSA) is 15.3 Å². The average molecular weight is 376 g/mol. The molecule has 1 aliphatic rings. The van der Waals surface area contributed by atoms with Gasteiger partial charge in [-0.3, -0.25) is 0 Å². The van der Waals surface area contributed by atoms with Gasteiger partial charge in [0.15, 0.2) is 0 Å². The Labute approximate surface area is 126 Å². The van der Waals surface area contributed by atoms with Gasteiger partial charge >= 0.3 is 0 Å². The van der Waals surface area contributed by atoms with Crippen LogP contribution < -0.4 is 10.2 Å². The van der Waals surface area contributed by atoms with Crippen molar-refractivity contribution in [3.05, 3.63) is 27.1 Å². The standard InChI is InChI=1S/C14H20Br2N2/c1-3-17-13-6-7-18(9-10(13)2)14-5-4-11(15)8-12(14)16/h4-5,8,10,13,17H,3,6-7,9H2,1-2H3. The van der Waals surface area contributed by atoms with E-state index in [0.717, 1.165) is 24.1 Å². The average Bonchev–Trinajstić information content (AvgIpc) is 2.32. The van der Waals surface area contributed by atoms with Crippen LogP contribution in [-0.2, 0) is 0 Å². The van der Waals surface area contributed by atoms with Crippen molar-refractivity contribution in [2.45, 2.75) is 26.3 Å². The number of nitrogens with one attached hydrogen (secondary N) is 1. The second kappa shape index (κ2) is 6.40. The van der Waals surface area contributed by atoms with E-state index in [2.05, 4.69) is 74.1 Å². The molecule has 1 aliphatic heterocycles. The van der Waals surface area contributed by atoms with E-state index in [1.165, 1.54) is 16.6 Å². The smallest absolute Gasteiger partial charge is 0.0511 e. The Hall–Kier alpha value is -0.0600. The van der Waals surface area contributed by atoms with E-state index in [0.29, 0.717) is 12.0 Å². The SMILES string of the molecule is CCNC1CCN(c2ccc(Br)cc2Br)CC1C. The summed E-state index contributed by atoms with van der Waals surface area (Å²) in [5.41, 5.74) is 1.31. The van der Waals surface area contributed by atoms with Crippen molar-refractivity contribution in [2.24, 2.45) is 5.92 Å². The highest BCUT2D eigenvalue weighted by atomic mass is 79.9. The van der Waals surface area contributed by atoms with Crippen molar-refractivity contribution in [3.8, 4) is 0 Å². The van der Waals surface area contributed by atoms with Crippen LogP contribution in [0.1, 0.15) is 20.3 Å². The minimum Gasteiger partial charge on any atom is -0.370 e. The molecule has 0 spiro atoms. The van der Waals surface area contributed by atoms with Gasteiger partial charge in [0, 0.05) is 28.1 Å². The normalized spacial score (nSPS) is 24.3. The maximum atomic E-state index is 3.66. The van der Waals surface area contributed by atoms with Crippen LogP contribution in [0.25, 0.3) is 0 Å². The Kier molecular flexibility index (Phi) is 5.10. The summed E-state index contributed by atoms with van der Waals surface area (Å²) < 4.78 is 2.29. The fraction of sp³-hybridized carbons (Fsp3) is 0.571. The number of halogens is 2. The van der Waals surface area contributed by atoms with Crippen LogP contribution in [0.3, 0.4) is 0 Å². The lowest BCUT2D eigenvalue weighted by molar-refractivity contribution is 0.326. The van der Waals surface area contributed by atoms with Crippen LogP contribution in [0.4, 0.5) is 5.69 Å². The third kappa shape index (κ3) is 3.28. The summed E-state index contributed by atoms with van der Waals surface area (Å²) in [6.07, 6.45) is 1.22. The number of nitrogens with zero attached hydrogens (tertiary/aromatic N) is 1. The summed E-state index contributed by atoms with van der Waals surface area (Å²) in [5, 5.41) is 3.58. The predicted octanol–water partition coefficient (Wildman–Crippen LogP) is 4.04. The summed E-state index contributed by atoms with van der Waals surface area (Å²) >= 11 is 7.16. The molecule has 2 rings (SSSR count). The highest BCUT2D eigenvalue weighted by molar-refractivity contribution is 9.11. The monoisotopic (exact) mass is 374 g/mol. The molecule has 0 aromatic heterocycles. The lowest BCUT2D eigenvalue weighted by atomic mass is 9.93. The molecule has 2 unspecified atom stereocenters. The maximum Gasteiger partial charge on any atom is 0.0511 e. The van der Waals surface area contributed by atoms with E-state index in [4.69, 9.17) is 0 Å². The summed E-state index contributed by atoms with van der Waals surface area (Å²) in [4.78, 5) is 2.48. The molecule has 2 nitrogen and oxygen atoms in total. The molecule has 0 saturated carbocycles. The molecule has 1 aromatic rings. The van der Waals surface area contributed by atoms with Crippen molar-refractivity contribution in [1.82, 2.24) is 5.32 Å². The summed E-state index contributed by atoms with van der Waals surface area (Å²) in [6.45, 7) is 7.84. The second-order valence-corrected chi connectivity index (χ2v) is 6.74. The van der Waals surface area contributed by atoms with Gasteiger partial charge in [-0.15, -0.1) is 0 Å². The van der Waals surface area contributed by atoms with Crippen molar-refractivity contribution in [2.75, 3.05) is 24.5 Å². The Balaban J connectivity index is 2.07. The van der Waals surface area contributed by atoms with Gasteiger partial charge in [-0.05, 0) is 53.0 Å². The van der Waals surface area contributed by atoms with Crippen LogP contribution in [0.2, 0.25) is 0 Å². The number of anilines is 1. The maximum absolute atomic E-state index is 3.66. The summed E-state index contributed by atoms with van der Waals surface area (Å²) in [6, 6.07) is 7.09. The number of hydrogen-bond acceptors (Lipinski definition) is 2. The van der Waals surface area contributed by atoms with Gasteiger partial charge in [-0.1, -0.05) is 29.8 Å². The minimum atomic E-state index is 0.667. The lowest BCUT2D eigenvalue weighted by Gasteiger charge is -2.39. The minimum absolute atomic E-state index is 0.667. The number of piperidine rings is 1. The number of benzene rings is 1. The van der Waals surface area contributed by atoms with E-state index >= 15 is 0 Å². The van der Waals surface area contributed by atoms with Gasteiger partial charge < -0.3 is 10.2 Å². The first-order valence-corrected chi connectivity index (χ1v) is 8.13. The fourth-order valence-corrected chi connectivity index (χ4v) is 3.97. The fourth-order valence-electron chi connectivity index (χ4n) is 2.67. The molecule has 4 heteroatoms. The first-order valence-electron chi connectivity index (χ1n) is 6.55. The molecule has 1 saturated heterocycles. The van der Waals surface area contributed by atoms with Gasteiger partial charge in [0.2, 0.25) is 0 Å². The molecular weight excluding hydrogens is 356 g/mol. The van der Waals surface area contributed by atoms with Gasteiger partial charge in [-0.2, -0.15) is 0 Å². The highest BCUT2D eigenvalue weighted by Gasteiger charge is 2.26. The molecule has 1 aromatic carbocycles. The molecule has 100 valence electrons. The zero-order chi connectivity index (χ0) is 13.1. The van der Waals surface area contributed by atoms with E-state index in [1.807, 2.05) is 0 Å². The van der Waals surface area contributed by atoms with Crippen molar-refractivity contribution < 1.29 is 0 Å². The Morgan fingerprint density at radius 1 is 1.39 bits per heavy atom. The second-order valence-electron chi connectivity index (χ2n) is 4.97. The first kappa shape index (κ1) is 14.4. The van der Waals surface area contributed by atoms with Crippen molar-refractivity contribution in [1.29, 1.82) is 0 Å². The third-order valence-corrected chi connectivity index (χ3v) is 4.75. The van der Waals surface area contributed by atoms with Crippen LogP contribution in [0.15, 0.2) is 27.1 Å². The van der Waals surface area contributed by atoms with Gasteiger partial charge in [-0.25, -0.2) is 0 Å². The highest BCUT2D eigenvalue weighted by Crippen LogP contribution is 2.32. The quantitative estimate of drug-likeness (QED) is 0.857. The molecule has 1 fully saturated rings. The number of rotatable bonds is 3. The lowest BCUT2D eigenvalue weighted by Crippen LogP contribution is -2.48. The van der Waals surface area contributed by atoms with E-state index in [-0.39, 0.29) is 0 Å². The Morgan fingerprint density at radius 2 is 2.17 bits per heavy atom. The van der Waals surface area contributed by atoms with Gasteiger partial charge in [0.05, 0.1) is 5.69 Å². The number of hydrogen-bond donors (Lipinski definition) is 1. The molecule has 1 heterocycles. The van der Waals surface area contributed by atoms with Crippen LogP contribution >= 0.6 is 31.9 Å². The van der Waals surface area contributed by atoms with Crippen molar-refractivity contribution in [3.63, 3.8) is 0 Å². The Morgan fingerprint density at radius 3 is 2.78 bits per heavy atom. The molecule has 18 heavy (non-hydrogen) atoms. The molecular formula is C14H20Br2N2. The van der Waals surface area contributed by atoms with Gasteiger partial charge in [0.25, 0.3) is 0 Å². The third-order valence-electron chi connectivity index (χ3n) is 3.62. The zero-order valence-electron chi connectivity index (χ0n) is 10.9.